The minimum atomic E-state index is 0.486. The van der Waals surface area contributed by atoms with Crippen LogP contribution in [0.4, 0.5) is 0 Å². The fourth-order valence-electron chi connectivity index (χ4n) is 4.29. The summed E-state index contributed by atoms with van der Waals surface area (Å²) in [6, 6.07) is 2.95. The minimum Gasteiger partial charge on any atom is -0.328 e. The lowest BCUT2D eigenvalue weighted by molar-refractivity contribution is -0.0320. The molecule has 3 aliphatic rings. The Kier molecular flexibility index (Phi) is 2.97. The standard InChI is InChI=1S/C14H26N2/c1-10(11-4-2-5-11)16-13-6-3-7-14(16)9-12(15)8-13/h10-14H,2-9,15H2,1H3. The summed E-state index contributed by atoms with van der Waals surface area (Å²) in [4.78, 5) is 2.87. The van der Waals surface area contributed by atoms with Crippen molar-refractivity contribution in [2.24, 2.45) is 11.7 Å². The zero-order valence-corrected chi connectivity index (χ0v) is 10.6. The highest BCUT2D eigenvalue weighted by molar-refractivity contribution is 4.98. The summed E-state index contributed by atoms with van der Waals surface area (Å²) in [7, 11) is 0. The van der Waals surface area contributed by atoms with E-state index >= 15 is 0 Å². The van der Waals surface area contributed by atoms with Gasteiger partial charge in [0.2, 0.25) is 0 Å². The monoisotopic (exact) mass is 222 g/mol. The largest absolute Gasteiger partial charge is 0.328 e. The summed E-state index contributed by atoms with van der Waals surface area (Å²) in [5.41, 5.74) is 6.18. The lowest BCUT2D eigenvalue weighted by Gasteiger charge is -2.53. The van der Waals surface area contributed by atoms with Crippen molar-refractivity contribution in [3.8, 4) is 0 Å². The van der Waals surface area contributed by atoms with Crippen LogP contribution in [-0.4, -0.2) is 29.1 Å². The Bertz CT molecular complexity index is 232. The van der Waals surface area contributed by atoms with Crippen LogP contribution < -0.4 is 5.73 Å². The molecule has 0 aromatic heterocycles. The third-order valence-electron chi connectivity index (χ3n) is 5.37. The second kappa shape index (κ2) is 4.30. The van der Waals surface area contributed by atoms with E-state index in [4.69, 9.17) is 5.73 Å². The Morgan fingerprint density at radius 2 is 1.56 bits per heavy atom. The van der Waals surface area contributed by atoms with E-state index in [9.17, 15) is 0 Å². The van der Waals surface area contributed by atoms with Gasteiger partial charge in [-0.1, -0.05) is 12.8 Å². The van der Waals surface area contributed by atoms with Crippen LogP contribution >= 0.6 is 0 Å². The van der Waals surface area contributed by atoms with Crippen LogP contribution in [0, 0.1) is 5.92 Å². The van der Waals surface area contributed by atoms with Crippen LogP contribution in [0.5, 0.6) is 0 Å². The number of hydrogen-bond acceptors (Lipinski definition) is 2. The first-order chi connectivity index (χ1) is 7.75. The predicted octanol–water partition coefficient (Wildman–Crippen LogP) is 2.52. The first-order valence-electron chi connectivity index (χ1n) is 7.28. The third kappa shape index (κ3) is 1.80. The fraction of sp³-hybridized carbons (Fsp3) is 1.00. The molecule has 0 spiro atoms. The zero-order valence-electron chi connectivity index (χ0n) is 10.6. The maximum absolute atomic E-state index is 6.18. The molecule has 3 fully saturated rings. The predicted molar refractivity (Wildman–Crippen MR) is 67.3 cm³/mol. The van der Waals surface area contributed by atoms with E-state index in [1.54, 1.807) is 0 Å². The van der Waals surface area contributed by atoms with Gasteiger partial charge in [-0.05, 0) is 51.4 Å². The highest BCUT2D eigenvalue weighted by Gasteiger charge is 2.42. The van der Waals surface area contributed by atoms with Crippen molar-refractivity contribution < 1.29 is 0 Å². The van der Waals surface area contributed by atoms with E-state index < -0.39 is 0 Å². The van der Waals surface area contributed by atoms with Crippen LogP contribution in [0.25, 0.3) is 0 Å². The maximum Gasteiger partial charge on any atom is 0.0116 e. The number of nitrogens with two attached hydrogens (primary N) is 1. The van der Waals surface area contributed by atoms with E-state index in [2.05, 4.69) is 11.8 Å². The molecule has 0 aromatic rings. The van der Waals surface area contributed by atoms with E-state index in [1.807, 2.05) is 0 Å². The van der Waals surface area contributed by atoms with Crippen molar-refractivity contribution in [2.45, 2.75) is 82.5 Å². The smallest absolute Gasteiger partial charge is 0.0116 e. The Morgan fingerprint density at radius 1 is 1.00 bits per heavy atom. The van der Waals surface area contributed by atoms with Gasteiger partial charge in [0, 0.05) is 24.2 Å². The van der Waals surface area contributed by atoms with E-state index in [1.165, 1.54) is 51.4 Å². The number of fused-ring (bicyclic) bond motifs is 2. The molecule has 2 aliphatic heterocycles. The van der Waals surface area contributed by atoms with Crippen molar-refractivity contribution in [3.63, 3.8) is 0 Å². The van der Waals surface area contributed by atoms with Gasteiger partial charge in [-0.15, -0.1) is 0 Å². The van der Waals surface area contributed by atoms with Gasteiger partial charge in [-0.3, -0.25) is 4.90 Å². The number of hydrogen-bond donors (Lipinski definition) is 1. The average molecular weight is 222 g/mol. The first kappa shape index (κ1) is 11.0. The summed E-state index contributed by atoms with van der Waals surface area (Å²) >= 11 is 0. The normalized spacial score (nSPS) is 42.8. The molecule has 2 heterocycles. The summed E-state index contributed by atoms with van der Waals surface area (Å²) in [6.45, 7) is 2.48. The molecule has 2 bridgehead atoms. The van der Waals surface area contributed by atoms with Gasteiger partial charge in [-0.2, -0.15) is 0 Å². The third-order valence-corrected chi connectivity index (χ3v) is 5.37. The van der Waals surface area contributed by atoms with E-state index in [-0.39, 0.29) is 0 Å². The van der Waals surface area contributed by atoms with Crippen molar-refractivity contribution >= 4 is 0 Å². The highest BCUT2D eigenvalue weighted by atomic mass is 15.2. The molecular formula is C14H26N2. The Morgan fingerprint density at radius 3 is 2.06 bits per heavy atom. The summed E-state index contributed by atoms with van der Waals surface area (Å²) in [6.07, 6.45) is 11.2. The van der Waals surface area contributed by atoms with Crippen molar-refractivity contribution in [2.75, 3.05) is 0 Å². The quantitative estimate of drug-likeness (QED) is 0.778. The molecule has 3 atom stereocenters. The molecule has 2 saturated heterocycles. The van der Waals surface area contributed by atoms with E-state index in [0.29, 0.717) is 6.04 Å². The lowest BCUT2D eigenvalue weighted by Crippen LogP contribution is -2.60. The molecule has 0 amide bonds. The van der Waals surface area contributed by atoms with Crippen LogP contribution in [0.3, 0.4) is 0 Å². The molecule has 92 valence electrons. The molecule has 3 unspecified atom stereocenters. The molecule has 16 heavy (non-hydrogen) atoms. The van der Waals surface area contributed by atoms with Crippen molar-refractivity contribution in [1.29, 1.82) is 0 Å². The van der Waals surface area contributed by atoms with Gasteiger partial charge >= 0.3 is 0 Å². The van der Waals surface area contributed by atoms with Gasteiger partial charge in [0.25, 0.3) is 0 Å². The van der Waals surface area contributed by atoms with Crippen LogP contribution in [0.15, 0.2) is 0 Å². The topological polar surface area (TPSA) is 29.3 Å². The van der Waals surface area contributed by atoms with Crippen LogP contribution in [-0.2, 0) is 0 Å². The van der Waals surface area contributed by atoms with Crippen molar-refractivity contribution in [3.05, 3.63) is 0 Å². The first-order valence-corrected chi connectivity index (χ1v) is 7.28. The second-order valence-electron chi connectivity index (χ2n) is 6.35. The number of piperidine rings is 2. The highest BCUT2D eigenvalue weighted by Crippen LogP contribution is 2.40. The number of rotatable bonds is 2. The molecule has 1 saturated carbocycles. The molecule has 2 N–H and O–H groups in total. The summed E-state index contributed by atoms with van der Waals surface area (Å²) in [5.74, 6) is 0.998. The molecule has 1 aliphatic carbocycles. The van der Waals surface area contributed by atoms with Gasteiger partial charge in [-0.25, -0.2) is 0 Å². The molecule has 2 nitrogen and oxygen atoms in total. The second-order valence-corrected chi connectivity index (χ2v) is 6.35. The minimum absolute atomic E-state index is 0.486. The Labute approximate surface area is 99.6 Å². The summed E-state index contributed by atoms with van der Waals surface area (Å²) in [5, 5.41) is 0. The lowest BCUT2D eigenvalue weighted by atomic mass is 9.75. The molecule has 2 heteroatoms. The molecular weight excluding hydrogens is 196 g/mol. The average Bonchev–Trinajstić information content (AvgIpc) is 2.12. The van der Waals surface area contributed by atoms with Gasteiger partial charge in [0.1, 0.15) is 0 Å². The Hall–Kier alpha value is -0.0800. The maximum atomic E-state index is 6.18. The fourth-order valence-corrected chi connectivity index (χ4v) is 4.29. The molecule has 0 radical (unpaired) electrons. The Balaban J connectivity index is 1.72. The van der Waals surface area contributed by atoms with E-state index in [0.717, 1.165) is 24.0 Å². The molecule has 0 aromatic carbocycles. The summed E-state index contributed by atoms with van der Waals surface area (Å²) < 4.78 is 0. The van der Waals surface area contributed by atoms with Crippen LogP contribution in [0.1, 0.15) is 58.3 Å². The SMILES string of the molecule is CC(C1CCC1)N1C2CCCC1CC(N)C2. The van der Waals surface area contributed by atoms with Gasteiger partial charge in [0.15, 0.2) is 0 Å². The van der Waals surface area contributed by atoms with Crippen molar-refractivity contribution in [1.82, 2.24) is 4.90 Å². The van der Waals surface area contributed by atoms with Crippen LogP contribution in [0.2, 0.25) is 0 Å². The van der Waals surface area contributed by atoms with Gasteiger partial charge < -0.3 is 5.73 Å². The number of nitrogens with zero attached hydrogens (tertiary/aromatic N) is 1. The molecule has 3 rings (SSSR count). The van der Waals surface area contributed by atoms with Gasteiger partial charge in [0.05, 0.1) is 0 Å². The zero-order chi connectivity index (χ0) is 11.1.